The van der Waals surface area contributed by atoms with E-state index in [1.54, 1.807) is 17.4 Å². The van der Waals surface area contributed by atoms with Crippen LogP contribution in [0.4, 0.5) is 4.39 Å². The lowest BCUT2D eigenvalue weighted by molar-refractivity contribution is -0.135. The van der Waals surface area contributed by atoms with Crippen LogP contribution in [-0.4, -0.2) is 47.9 Å². The van der Waals surface area contributed by atoms with Crippen LogP contribution in [0.25, 0.3) is 0 Å². The maximum atomic E-state index is 13.8. The molecule has 1 aromatic heterocycles. The maximum Gasteiger partial charge on any atom is 0.254 e. The normalized spacial score (nSPS) is 15.1. The molecule has 2 aromatic carbocycles. The molecule has 4 rings (SSSR count). The number of nitrogens with zero attached hydrogens (tertiary/aromatic N) is 2. The molecule has 1 aliphatic heterocycles. The van der Waals surface area contributed by atoms with Crippen molar-refractivity contribution in [3.05, 3.63) is 87.4 Å². The standard InChI is InChI=1S/C28H31FN2O3S/c1-19(2)16-30(28(33)21-8-6-9-22(29)15-21)17-27(32)31-13-11-26-23(12-14-35-26)24(31)18-34-25-10-5-4-7-20(25)3/h4-10,12,14-15,19,24H,11,13,16-18H2,1-3H3/t24-/m1/s1. The molecule has 1 atom stereocenters. The van der Waals surface area contributed by atoms with Crippen molar-refractivity contribution in [1.82, 2.24) is 9.80 Å². The molecule has 0 saturated carbocycles. The fourth-order valence-corrected chi connectivity index (χ4v) is 5.41. The zero-order chi connectivity index (χ0) is 24.9. The number of hydrogen-bond acceptors (Lipinski definition) is 4. The Bertz CT molecular complexity index is 1190. The number of aryl methyl sites for hydroxylation is 1. The summed E-state index contributed by atoms with van der Waals surface area (Å²) in [4.78, 5) is 31.5. The second kappa shape index (κ2) is 11.0. The number of fused-ring (bicyclic) bond motifs is 1. The molecule has 2 amide bonds. The number of amides is 2. The fraction of sp³-hybridized carbons (Fsp3) is 0.357. The molecule has 0 spiro atoms. The molecule has 0 bridgehead atoms. The summed E-state index contributed by atoms with van der Waals surface area (Å²) in [6.45, 7) is 7.23. The lowest BCUT2D eigenvalue weighted by Crippen LogP contribution is -2.48. The van der Waals surface area contributed by atoms with E-state index in [0.29, 0.717) is 19.7 Å². The molecule has 0 unspecified atom stereocenters. The first-order valence-electron chi connectivity index (χ1n) is 11.9. The Kier molecular flexibility index (Phi) is 7.86. The number of halogens is 1. The summed E-state index contributed by atoms with van der Waals surface area (Å²) in [7, 11) is 0. The molecule has 5 nitrogen and oxygen atoms in total. The molecule has 0 fully saturated rings. The van der Waals surface area contributed by atoms with Gasteiger partial charge in [0.2, 0.25) is 5.91 Å². The van der Waals surface area contributed by atoms with Gasteiger partial charge in [0.1, 0.15) is 24.7 Å². The summed E-state index contributed by atoms with van der Waals surface area (Å²) < 4.78 is 19.9. The number of rotatable bonds is 8. The van der Waals surface area contributed by atoms with Crippen LogP contribution in [0.2, 0.25) is 0 Å². The average Bonchev–Trinajstić information content (AvgIpc) is 3.31. The summed E-state index contributed by atoms with van der Waals surface area (Å²) in [6.07, 6.45) is 0.779. The Morgan fingerprint density at radius 1 is 1.17 bits per heavy atom. The minimum atomic E-state index is -0.471. The van der Waals surface area contributed by atoms with Crippen molar-refractivity contribution in [2.24, 2.45) is 5.92 Å². The molecule has 1 aliphatic rings. The van der Waals surface area contributed by atoms with E-state index in [2.05, 4.69) is 11.4 Å². The first kappa shape index (κ1) is 24.9. The Morgan fingerprint density at radius 3 is 2.71 bits per heavy atom. The zero-order valence-electron chi connectivity index (χ0n) is 20.4. The third kappa shape index (κ3) is 5.90. The Hall–Kier alpha value is -3.19. The van der Waals surface area contributed by atoms with E-state index in [4.69, 9.17) is 4.74 Å². The molecule has 0 N–H and O–H groups in total. The first-order chi connectivity index (χ1) is 16.8. The lowest BCUT2D eigenvalue weighted by atomic mass is 10.00. The van der Waals surface area contributed by atoms with Crippen LogP contribution < -0.4 is 4.74 Å². The number of ether oxygens (including phenoxy) is 1. The highest BCUT2D eigenvalue weighted by molar-refractivity contribution is 7.10. The van der Waals surface area contributed by atoms with Gasteiger partial charge in [-0.05, 0) is 66.1 Å². The van der Waals surface area contributed by atoms with Gasteiger partial charge in [-0.1, -0.05) is 38.1 Å². The van der Waals surface area contributed by atoms with Crippen LogP contribution in [0.5, 0.6) is 5.75 Å². The van der Waals surface area contributed by atoms with Gasteiger partial charge in [-0.25, -0.2) is 4.39 Å². The lowest BCUT2D eigenvalue weighted by Gasteiger charge is -2.37. The molecule has 35 heavy (non-hydrogen) atoms. The van der Waals surface area contributed by atoms with Gasteiger partial charge >= 0.3 is 0 Å². The molecule has 0 aliphatic carbocycles. The van der Waals surface area contributed by atoms with E-state index in [0.717, 1.165) is 23.3 Å². The number of carbonyl (C=O) groups excluding carboxylic acids is 2. The average molecular weight is 495 g/mol. The Balaban J connectivity index is 1.55. The SMILES string of the molecule is Cc1ccccc1OC[C@@H]1c2ccsc2CCN1C(=O)CN(CC(C)C)C(=O)c1cccc(F)c1. The van der Waals surface area contributed by atoms with Gasteiger partial charge in [0.05, 0.1) is 6.04 Å². The van der Waals surface area contributed by atoms with Crippen molar-refractivity contribution in [2.75, 3.05) is 26.2 Å². The highest BCUT2D eigenvalue weighted by Crippen LogP contribution is 2.34. The summed E-state index contributed by atoms with van der Waals surface area (Å²) >= 11 is 1.70. The van der Waals surface area contributed by atoms with Gasteiger partial charge < -0.3 is 14.5 Å². The van der Waals surface area contributed by atoms with E-state index < -0.39 is 5.82 Å². The van der Waals surface area contributed by atoms with Crippen molar-refractivity contribution in [3.8, 4) is 5.75 Å². The molecular formula is C28H31FN2O3S. The monoisotopic (exact) mass is 494 g/mol. The van der Waals surface area contributed by atoms with Crippen LogP contribution in [-0.2, 0) is 11.2 Å². The van der Waals surface area contributed by atoms with Gasteiger partial charge in [-0.15, -0.1) is 11.3 Å². The number of hydrogen-bond donors (Lipinski definition) is 0. The smallest absolute Gasteiger partial charge is 0.254 e. The van der Waals surface area contributed by atoms with Gasteiger partial charge in [0.15, 0.2) is 0 Å². The van der Waals surface area contributed by atoms with Crippen LogP contribution in [0.15, 0.2) is 60.0 Å². The van der Waals surface area contributed by atoms with Gasteiger partial charge in [-0.3, -0.25) is 9.59 Å². The number of benzene rings is 2. The zero-order valence-corrected chi connectivity index (χ0v) is 21.2. The van der Waals surface area contributed by atoms with Crippen LogP contribution in [0.1, 0.15) is 46.3 Å². The largest absolute Gasteiger partial charge is 0.491 e. The van der Waals surface area contributed by atoms with Gasteiger partial charge in [0, 0.05) is 23.5 Å². The highest BCUT2D eigenvalue weighted by Gasteiger charge is 2.34. The number of thiophene rings is 1. The Labute approximate surface area is 210 Å². The van der Waals surface area contributed by atoms with E-state index >= 15 is 0 Å². The van der Waals surface area contributed by atoms with Crippen molar-refractivity contribution >= 4 is 23.2 Å². The summed E-state index contributed by atoms with van der Waals surface area (Å²) in [5.74, 6) is 0.00883. The van der Waals surface area contributed by atoms with Gasteiger partial charge in [-0.2, -0.15) is 0 Å². The topological polar surface area (TPSA) is 49.9 Å². The minimum absolute atomic E-state index is 0.0616. The third-order valence-corrected chi connectivity index (χ3v) is 7.17. The Morgan fingerprint density at radius 2 is 1.97 bits per heavy atom. The highest BCUT2D eigenvalue weighted by atomic mass is 32.1. The van der Waals surface area contributed by atoms with E-state index in [9.17, 15) is 14.0 Å². The maximum absolute atomic E-state index is 13.8. The molecule has 2 heterocycles. The third-order valence-electron chi connectivity index (χ3n) is 6.18. The molecule has 0 saturated heterocycles. The molecule has 0 radical (unpaired) electrons. The predicted molar refractivity (Wildman–Crippen MR) is 136 cm³/mol. The minimum Gasteiger partial charge on any atom is -0.491 e. The summed E-state index contributed by atoms with van der Waals surface area (Å²) in [5, 5.41) is 2.05. The number of para-hydroxylation sites is 1. The van der Waals surface area contributed by atoms with Gasteiger partial charge in [0.25, 0.3) is 5.91 Å². The second-order valence-electron chi connectivity index (χ2n) is 9.32. The molecular weight excluding hydrogens is 463 g/mol. The van der Waals surface area contributed by atoms with E-state index in [1.807, 2.05) is 49.9 Å². The van der Waals surface area contributed by atoms with Crippen LogP contribution in [0, 0.1) is 18.7 Å². The van der Waals surface area contributed by atoms with Crippen LogP contribution in [0.3, 0.4) is 0 Å². The van der Waals surface area contributed by atoms with Crippen LogP contribution >= 0.6 is 11.3 Å². The van der Waals surface area contributed by atoms with E-state index in [-0.39, 0.29) is 35.9 Å². The number of carbonyl (C=O) groups is 2. The van der Waals surface area contributed by atoms with Crippen molar-refractivity contribution < 1.29 is 18.7 Å². The summed E-state index contributed by atoms with van der Waals surface area (Å²) in [5.41, 5.74) is 2.39. The van der Waals surface area contributed by atoms with Crippen molar-refractivity contribution in [1.29, 1.82) is 0 Å². The first-order valence-corrected chi connectivity index (χ1v) is 12.8. The fourth-order valence-electron chi connectivity index (χ4n) is 4.48. The summed E-state index contributed by atoms with van der Waals surface area (Å²) in [6, 6.07) is 15.3. The second-order valence-corrected chi connectivity index (χ2v) is 10.3. The van der Waals surface area contributed by atoms with Crippen molar-refractivity contribution in [3.63, 3.8) is 0 Å². The quantitative estimate of drug-likeness (QED) is 0.416. The molecule has 3 aromatic rings. The molecule has 184 valence electrons. The van der Waals surface area contributed by atoms with E-state index in [1.165, 1.54) is 28.0 Å². The van der Waals surface area contributed by atoms with Crippen molar-refractivity contribution in [2.45, 2.75) is 33.2 Å². The molecule has 7 heteroatoms. The predicted octanol–water partition coefficient (Wildman–Crippen LogP) is 5.50.